The number of halogens is 1. The molecule has 1 aromatic heterocycles. The van der Waals surface area contributed by atoms with Crippen LogP contribution in [0.4, 0.5) is 0 Å². The molecule has 0 saturated carbocycles. The van der Waals surface area contributed by atoms with Gasteiger partial charge in [-0.25, -0.2) is 4.98 Å². The highest BCUT2D eigenvalue weighted by Crippen LogP contribution is 2.33. The van der Waals surface area contributed by atoms with Gasteiger partial charge in [0.05, 0.1) is 11.4 Å². The molecule has 1 aliphatic carbocycles. The Balaban J connectivity index is 2.39. The summed E-state index contributed by atoms with van der Waals surface area (Å²) in [7, 11) is 0. The number of rotatable bonds is 1. The Morgan fingerprint density at radius 1 is 1.67 bits per heavy atom. The van der Waals surface area contributed by atoms with Crippen LogP contribution in [0.1, 0.15) is 19.0 Å². The summed E-state index contributed by atoms with van der Waals surface area (Å²) in [6, 6.07) is 0. The molecule has 0 aromatic carbocycles. The van der Waals surface area contributed by atoms with Crippen LogP contribution in [0.3, 0.4) is 0 Å². The number of thiazole rings is 1. The van der Waals surface area contributed by atoms with Gasteiger partial charge < -0.3 is 10.3 Å². The van der Waals surface area contributed by atoms with E-state index in [0.29, 0.717) is 12.1 Å². The predicted molar refractivity (Wildman–Crippen MR) is 62.3 cm³/mol. The van der Waals surface area contributed by atoms with Crippen LogP contribution in [0.15, 0.2) is 20.0 Å². The van der Waals surface area contributed by atoms with E-state index in [-0.39, 0.29) is 0 Å². The van der Waals surface area contributed by atoms with Gasteiger partial charge in [0.2, 0.25) is 0 Å². The summed E-state index contributed by atoms with van der Waals surface area (Å²) in [6.45, 7) is 1.82. The summed E-state index contributed by atoms with van der Waals surface area (Å²) in [5.74, 6) is 0. The maximum Gasteiger partial charge on any atom is 0.159 e. The predicted octanol–water partition coefficient (Wildman–Crippen LogP) is 2.27. The molecule has 15 heavy (non-hydrogen) atoms. The molecule has 0 radical (unpaired) electrons. The van der Waals surface area contributed by atoms with Crippen LogP contribution >= 0.6 is 27.3 Å². The van der Waals surface area contributed by atoms with E-state index in [9.17, 15) is 5.11 Å². The fourth-order valence-electron chi connectivity index (χ4n) is 1.61. The largest absolute Gasteiger partial charge is 0.411 e. The van der Waals surface area contributed by atoms with E-state index in [1.165, 1.54) is 11.3 Å². The molecule has 1 unspecified atom stereocenters. The molecule has 1 atom stereocenters. The van der Waals surface area contributed by atoms with Crippen molar-refractivity contribution in [3.8, 4) is 0 Å². The maximum absolute atomic E-state index is 9.71. The van der Waals surface area contributed by atoms with Crippen molar-refractivity contribution in [3.63, 3.8) is 0 Å². The number of nitrogens with zero attached hydrogens (tertiary/aromatic N) is 2. The van der Waals surface area contributed by atoms with Crippen molar-refractivity contribution in [1.82, 2.24) is 4.98 Å². The van der Waals surface area contributed by atoms with E-state index in [1.807, 2.05) is 12.3 Å². The lowest BCUT2D eigenvalue weighted by Gasteiger charge is -2.02. The van der Waals surface area contributed by atoms with Gasteiger partial charge in [-0.3, -0.25) is 0 Å². The first-order valence-corrected chi connectivity index (χ1v) is 6.00. The smallest absolute Gasteiger partial charge is 0.159 e. The van der Waals surface area contributed by atoms with Crippen molar-refractivity contribution < 1.29 is 10.3 Å². The van der Waals surface area contributed by atoms with Gasteiger partial charge in [-0.05, 0) is 34.0 Å². The van der Waals surface area contributed by atoms with Crippen LogP contribution in [0, 0.1) is 0 Å². The third kappa shape index (κ3) is 1.84. The minimum absolute atomic E-state index is 0.381. The summed E-state index contributed by atoms with van der Waals surface area (Å²) >= 11 is 4.78. The Morgan fingerprint density at radius 2 is 2.40 bits per heavy atom. The summed E-state index contributed by atoms with van der Waals surface area (Å²) in [4.78, 5) is 4.28. The highest BCUT2D eigenvalue weighted by molar-refractivity contribution is 9.11. The Morgan fingerprint density at radius 3 is 2.87 bits per heavy atom. The monoisotopic (exact) mass is 288 g/mol. The molecule has 80 valence electrons. The van der Waals surface area contributed by atoms with Gasteiger partial charge in [0.1, 0.15) is 6.10 Å². The van der Waals surface area contributed by atoms with Gasteiger partial charge in [-0.15, -0.1) is 11.3 Å². The number of oxime groups is 1. The fraction of sp³-hybridized carbons (Fsp3) is 0.333. The SMILES string of the molecule is CC1=C(c2csc(Br)n2)C/C(=N\O)C1O. The first-order chi connectivity index (χ1) is 7.13. The zero-order chi connectivity index (χ0) is 11.0. The van der Waals surface area contributed by atoms with E-state index >= 15 is 0 Å². The molecule has 1 aromatic rings. The lowest BCUT2D eigenvalue weighted by Crippen LogP contribution is -2.15. The zero-order valence-corrected chi connectivity index (χ0v) is 10.3. The zero-order valence-electron chi connectivity index (χ0n) is 7.94. The summed E-state index contributed by atoms with van der Waals surface area (Å²) in [5, 5.41) is 23.4. The third-order valence-electron chi connectivity index (χ3n) is 2.47. The molecule has 1 aliphatic rings. The Kier molecular flexibility index (Phi) is 2.90. The normalized spacial score (nSPS) is 24.2. The van der Waals surface area contributed by atoms with Gasteiger partial charge in [0.15, 0.2) is 3.92 Å². The van der Waals surface area contributed by atoms with Crippen LogP contribution in [0.25, 0.3) is 5.57 Å². The van der Waals surface area contributed by atoms with Crippen molar-refractivity contribution in [1.29, 1.82) is 0 Å². The quantitative estimate of drug-likeness (QED) is 0.615. The van der Waals surface area contributed by atoms with Gasteiger partial charge in [0, 0.05) is 11.8 Å². The van der Waals surface area contributed by atoms with Gasteiger partial charge in [-0.1, -0.05) is 5.16 Å². The molecule has 0 spiro atoms. The number of aliphatic hydroxyl groups is 1. The summed E-state index contributed by atoms with van der Waals surface area (Å²) in [5.41, 5.74) is 2.96. The molecule has 2 N–H and O–H groups in total. The van der Waals surface area contributed by atoms with Crippen molar-refractivity contribution in [2.45, 2.75) is 19.4 Å². The highest BCUT2D eigenvalue weighted by Gasteiger charge is 2.29. The number of aromatic nitrogens is 1. The van der Waals surface area contributed by atoms with E-state index in [2.05, 4.69) is 26.1 Å². The summed E-state index contributed by atoms with van der Waals surface area (Å²) < 4.78 is 0.807. The molecule has 0 saturated heterocycles. The molecule has 0 fully saturated rings. The number of aliphatic hydroxyl groups excluding tert-OH is 1. The molecule has 4 nitrogen and oxygen atoms in total. The van der Waals surface area contributed by atoms with Crippen molar-refractivity contribution in [3.05, 3.63) is 20.6 Å². The van der Waals surface area contributed by atoms with Crippen molar-refractivity contribution >= 4 is 38.6 Å². The molecular weight excluding hydrogens is 280 g/mol. The Bertz CT molecular complexity index is 453. The molecule has 0 amide bonds. The second-order valence-corrected chi connectivity index (χ2v) is 5.45. The molecular formula is C9H9BrN2O2S. The van der Waals surface area contributed by atoms with Gasteiger partial charge in [-0.2, -0.15) is 0 Å². The second kappa shape index (κ2) is 4.03. The van der Waals surface area contributed by atoms with Crippen LogP contribution in [0.2, 0.25) is 0 Å². The molecule has 0 bridgehead atoms. The van der Waals surface area contributed by atoms with Crippen molar-refractivity contribution in [2.24, 2.45) is 5.16 Å². The van der Waals surface area contributed by atoms with E-state index < -0.39 is 6.10 Å². The second-order valence-electron chi connectivity index (χ2n) is 3.32. The maximum atomic E-state index is 9.71. The summed E-state index contributed by atoms with van der Waals surface area (Å²) in [6.07, 6.45) is -0.315. The molecule has 2 rings (SSSR count). The lowest BCUT2D eigenvalue weighted by molar-refractivity contribution is 0.262. The highest BCUT2D eigenvalue weighted by atomic mass is 79.9. The topological polar surface area (TPSA) is 65.7 Å². The average molecular weight is 289 g/mol. The number of allylic oxidation sites excluding steroid dienone is 1. The van der Waals surface area contributed by atoms with Gasteiger partial charge >= 0.3 is 0 Å². The Labute approximate surface area is 99.1 Å². The minimum Gasteiger partial charge on any atom is -0.411 e. The number of hydrogen-bond acceptors (Lipinski definition) is 5. The van der Waals surface area contributed by atoms with Crippen LogP contribution in [-0.4, -0.2) is 27.1 Å². The fourth-order valence-corrected chi connectivity index (χ4v) is 2.63. The standard InChI is InChI=1S/C9H9BrN2O2S/c1-4-5(2-6(12-14)8(4)13)7-3-15-9(10)11-7/h3,8,13-14H,2H2,1H3/b12-6+. The van der Waals surface area contributed by atoms with Gasteiger partial charge in [0.25, 0.3) is 0 Å². The lowest BCUT2D eigenvalue weighted by atomic mass is 10.1. The van der Waals surface area contributed by atoms with Crippen LogP contribution in [-0.2, 0) is 0 Å². The molecule has 6 heteroatoms. The molecule has 1 heterocycles. The van der Waals surface area contributed by atoms with Crippen LogP contribution in [0.5, 0.6) is 0 Å². The first kappa shape index (κ1) is 10.8. The minimum atomic E-state index is -0.773. The first-order valence-electron chi connectivity index (χ1n) is 4.33. The average Bonchev–Trinajstić information content (AvgIpc) is 2.74. The van der Waals surface area contributed by atoms with E-state index in [1.54, 1.807) is 0 Å². The van der Waals surface area contributed by atoms with E-state index in [0.717, 1.165) is 20.8 Å². The van der Waals surface area contributed by atoms with Crippen molar-refractivity contribution in [2.75, 3.05) is 0 Å². The van der Waals surface area contributed by atoms with E-state index in [4.69, 9.17) is 5.21 Å². The Hall–Kier alpha value is -0.720. The van der Waals surface area contributed by atoms with Crippen LogP contribution < -0.4 is 0 Å². The number of hydrogen-bond donors (Lipinski definition) is 2. The molecule has 0 aliphatic heterocycles. The third-order valence-corrected chi connectivity index (χ3v) is 3.84.